The SMILES string of the molecule is O=C(NC1CN2CCC1C2)c1cc2c(C(=O)O)coc2cn1. The molecule has 1 amide bonds. The third kappa shape index (κ3) is 2.05. The molecule has 2 fully saturated rings. The minimum atomic E-state index is -1.09. The van der Waals surface area contributed by atoms with Crippen molar-refractivity contribution < 1.29 is 19.1 Å². The molecule has 22 heavy (non-hydrogen) atoms. The first-order valence-electron chi connectivity index (χ1n) is 7.25. The molecule has 2 aromatic rings. The Morgan fingerprint density at radius 3 is 2.95 bits per heavy atom. The smallest absolute Gasteiger partial charge is 0.339 e. The monoisotopic (exact) mass is 301 g/mol. The average molecular weight is 301 g/mol. The van der Waals surface area contributed by atoms with E-state index in [1.165, 1.54) is 18.5 Å². The van der Waals surface area contributed by atoms with Crippen molar-refractivity contribution in [2.75, 3.05) is 19.6 Å². The van der Waals surface area contributed by atoms with E-state index >= 15 is 0 Å². The Morgan fingerprint density at radius 2 is 2.27 bits per heavy atom. The Morgan fingerprint density at radius 1 is 1.41 bits per heavy atom. The lowest BCUT2D eigenvalue weighted by molar-refractivity contribution is 0.0697. The summed E-state index contributed by atoms with van der Waals surface area (Å²) in [5, 5.41) is 12.5. The molecule has 4 rings (SSSR count). The van der Waals surface area contributed by atoms with Crippen molar-refractivity contribution in [1.82, 2.24) is 15.2 Å². The van der Waals surface area contributed by atoms with E-state index < -0.39 is 5.97 Å². The maximum atomic E-state index is 12.4. The van der Waals surface area contributed by atoms with Gasteiger partial charge in [0.05, 0.1) is 6.20 Å². The van der Waals surface area contributed by atoms with Crippen LogP contribution in [0.25, 0.3) is 11.0 Å². The van der Waals surface area contributed by atoms with Crippen LogP contribution in [0.1, 0.15) is 27.3 Å². The molecule has 0 spiro atoms. The fourth-order valence-electron chi connectivity index (χ4n) is 3.41. The summed E-state index contributed by atoms with van der Waals surface area (Å²) >= 11 is 0. The number of carboxylic acids is 1. The van der Waals surface area contributed by atoms with Crippen LogP contribution in [0.5, 0.6) is 0 Å². The van der Waals surface area contributed by atoms with Gasteiger partial charge in [0.1, 0.15) is 17.5 Å². The first-order chi connectivity index (χ1) is 10.6. The predicted octanol–water partition coefficient (Wildman–Crippen LogP) is 0.960. The Labute approximate surface area is 125 Å². The minimum Gasteiger partial charge on any atom is -0.478 e. The lowest BCUT2D eigenvalue weighted by atomic mass is 10.00. The van der Waals surface area contributed by atoms with E-state index in [4.69, 9.17) is 9.52 Å². The van der Waals surface area contributed by atoms with Gasteiger partial charge in [0.2, 0.25) is 0 Å². The molecular weight excluding hydrogens is 286 g/mol. The number of furan rings is 1. The van der Waals surface area contributed by atoms with E-state index in [0.29, 0.717) is 16.9 Å². The van der Waals surface area contributed by atoms with Gasteiger partial charge in [0, 0.05) is 24.5 Å². The van der Waals surface area contributed by atoms with Gasteiger partial charge in [0.25, 0.3) is 5.91 Å². The summed E-state index contributed by atoms with van der Waals surface area (Å²) in [6, 6.07) is 1.63. The first-order valence-corrected chi connectivity index (χ1v) is 7.25. The van der Waals surface area contributed by atoms with E-state index in [9.17, 15) is 9.59 Å². The van der Waals surface area contributed by atoms with Gasteiger partial charge in [-0.3, -0.25) is 4.79 Å². The van der Waals surface area contributed by atoms with E-state index in [1.807, 2.05) is 0 Å². The topological polar surface area (TPSA) is 95.7 Å². The summed E-state index contributed by atoms with van der Waals surface area (Å²) in [4.78, 5) is 29.9. The summed E-state index contributed by atoms with van der Waals surface area (Å²) in [6.45, 7) is 3.03. The summed E-state index contributed by atoms with van der Waals surface area (Å²) in [7, 11) is 0. The van der Waals surface area contributed by atoms with Crippen LogP contribution in [0.4, 0.5) is 0 Å². The summed E-state index contributed by atoms with van der Waals surface area (Å²) < 4.78 is 5.14. The van der Waals surface area contributed by atoms with Gasteiger partial charge in [-0.2, -0.15) is 0 Å². The number of piperidine rings is 1. The zero-order valence-electron chi connectivity index (χ0n) is 11.8. The number of hydrogen-bond donors (Lipinski definition) is 2. The molecule has 2 aromatic heterocycles. The fourth-order valence-corrected chi connectivity index (χ4v) is 3.41. The number of aromatic carboxylic acids is 1. The van der Waals surface area contributed by atoms with Crippen molar-refractivity contribution in [2.24, 2.45) is 5.92 Å². The second kappa shape index (κ2) is 4.81. The highest BCUT2D eigenvalue weighted by Crippen LogP contribution is 2.28. The van der Waals surface area contributed by atoms with Gasteiger partial charge in [-0.05, 0) is 24.9 Å². The number of amides is 1. The largest absolute Gasteiger partial charge is 0.478 e. The molecule has 0 saturated carbocycles. The predicted molar refractivity (Wildman–Crippen MR) is 76.8 cm³/mol. The molecule has 2 aliphatic rings. The van der Waals surface area contributed by atoms with Crippen molar-refractivity contribution >= 4 is 22.8 Å². The van der Waals surface area contributed by atoms with Crippen LogP contribution in [0.3, 0.4) is 0 Å². The highest BCUT2D eigenvalue weighted by molar-refractivity contribution is 6.04. The van der Waals surface area contributed by atoms with Crippen LogP contribution in [0, 0.1) is 5.92 Å². The minimum absolute atomic E-state index is 0.0393. The number of pyridine rings is 1. The van der Waals surface area contributed by atoms with Gasteiger partial charge in [0.15, 0.2) is 5.58 Å². The number of aromatic nitrogens is 1. The number of fused-ring (bicyclic) bond motifs is 3. The molecule has 3 atom stereocenters. The first kappa shape index (κ1) is 13.3. The van der Waals surface area contributed by atoms with E-state index in [-0.39, 0.29) is 23.2 Å². The van der Waals surface area contributed by atoms with Crippen molar-refractivity contribution in [1.29, 1.82) is 0 Å². The zero-order chi connectivity index (χ0) is 15.3. The number of carbonyl (C=O) groups excluding carboxylic acids is 1. The van der Waals surface area contributed by atoms with Gasteiger partial charge in [-0.1, -0.05) is 0 Å². The van der Waals surface area contributed by atoms with Crippen molar-refractivity contribution in [2.45, 2.75) is 12.5 Å². The number of hydrogen-bond acceptors (Lipinski definition) is 5. The number of nitrogens with zero attached hydrogens (tertiary/aromatic N) is 2. The zero-order valence-corrected chi connectivity index (χ0v) is 11.8. The summed E-state index contributed by atoms with van der Waals surface area (Å²) in [6.07, 6.45) is 3.67. The molecule has 0 aliphatic carbocycles. The molecule has 4 heterocycles. The molecule has 2 bridgehead atoms. The van der Waals surface area contributed by atoms with Crippen LogP contribution < -0.4 is 5.32 Å². The van der Waals surface area contributed by atoms with Gasteiger partial charge >= 0.3 is 5.97 Å². The quantitative estimate of drug-likeness (QED) is 0.876. The summed E-state index contributed by atoms with van der Waals surface area (Å²) in [5.41, 5.74) is 0.617. The maximum absolute atomic E-state index is 12.4. The second-order valence-corrected chi connectivity index (χ2v) is 5.91. The van der Waals surface area contributed by atoms with Gasteiger partial charge < -0.3 is 19.7 Å². The van der Waals surface area contributed by atoms with Crippen LogP contribution in [-0.4, -0.2) is 52.5 Å². The molecule has 114 valence electrons. The molecular formula is C15H15N3O4. The normalized spacial score (nSPS) is 26.5. The highest BCUT2D eigenvalue weighted by atomic mass is 16.4. The molecule has 2 N–H and O–H groups in total. The van der Waals surface area contributed by atoms with Crippen LogP contribution >= 0.6 is 0 Å². The molecule has 2 saturated heterocycles. The molecule has 7 heteroatoms. The Bertz CT molecular complexity index is 769. The summed E-state index contributed by atoms with van der Waals surface area (Å²) in [5.74, 6) is -0.841. The fraction of sp³-hybridized carbons (Fsp3) is 0.400. The lowest BCUT2D eigenvalue weighted by Crippen LogP contribution is -2.43. The van der Waals surface area contributed by atoms with E-state index in [1.54, 1.807) is 0 Å². The van der Waals surface area contributed by atoms with E-state index in [2.05, 4.69) is 15.2 Å². The number of carbonyl (C=O) groups is 2. The van der Waals surface area contributed by atoms with Crippen molar-refractivity contribution in [3.8, 4) is 0 Å². The number of nitrogens with one attached hydrogen (secondary N) is 1. The Hall–Kier alpha value is -2.41. The number of rotatable bonds is 3. The molecule has 2 aliphatic heterocycles. The van der Waals surface area contributed by atoms with Crippen LogP contribution in [0.2, 0.25) is 0 Å². The maximum Gasteiger partial charge on any atom is 0.339 e. The second-order valence-electron chi connectivity index (χ2n) is 5.91. The third-order valence-electron chi connectivity index (χ3n) is 4.57. The van der Waals surface area contributed by atoms with Crippen LogP contribution in [-0.2, 0) is 0 Å². The van der Waals surface area contributed by atoms with Crippen LogP contribution in [0.15, 0.2) is 22.9 Å². The lowest BCUT2D eigenvalue weighted by Gasteiger charge is -2.22. The van der Waals surface area contributed by atoms with E-state index in [0.717, 1.165) is 26.1 Å². The molecule has 3 unspecified atom stereocenters. The molecule has 0 aromatic carbocycles. The standard InChI is InChI=1S/C15H15N3O4/c19-14(17-12-6-18-2-1-8(12)5-18)11-3-9-10(15(20)21)7-22-13(9)4-16-11/h3-4,7-8,12H,1-2,5-6H2,(H,17,19)(H,20,21). The Balaban J connectivity index is 1.59. The molecule has 0 radical (unpaired) electrons. The van der Waals surface area contributed by atoms with Gasteiger partial charge in [-0.15, -0.1) is 0 Å². The van der Waals surface area contributed by atoms with Crippen molar-refractivity contribution in [3.05, 3.63) is 29.8 Å². The Kier molecular flexibility index (Phi) is 2.90. The molecule has 7 nitrogen and oxygen atoms in total. The highest BCUT2D eigenvalue weighted by Gasteiger charge is 2.38. The number of carboxylic acid groups (broad SMARTS) is 1. The third-order valence-corrected chi connectivity index (χ3v) is 4.57. The average Bonchev–Trinajstić information content (AvgIpc) is 3.20. The van der Waals surface area contributed by atoms with Gasteiger partial charge in [-0.25, -0.2) is 9.78 Å². The van der Waals surface area contributed by atoms with Crippen molar-refractivity contribution in [3.63, 3.8) is 0 Å².